The Morgan fingerprint density at radius 1 is 1.18 bits per heavy atom. The molecule has 2 N–H and O–H groups in total. The molecule has 40 heavy (non-hydrogen) atoms. The van der Waals surface area contributed by atoms with Gasteiger partial charge in [0.15, 0.2) is 17.1 Å². The summed E-state index contributed by atoms with van der Waals surface area (Å²) < 4.78 is 43.0. The van der Waals surface area contributed by atoms with Gasteiger partial charge in [-0.15, -0.1) is 0 Å². The molecule has 2 amide bonds. The van der Waals surface area contributed by atoms with Crippen LogP contribution in [0.25, 0.3) is 11.0 Å². The number of hydrogen-bond acceptors (Lipinski definition) is 6. The van der Waals surface area contributed by atoms with Crippen LogP contribution in [0, 0.1) is 17.8 Å². The van der Waals surface area contributed by atoms with E-state index in [-0.39, 0.29) is 23.3 Å². The zero-order valence-electron chi connectivity index (χ0n) is 22.3. The number of likely N-dealkylation sites (tertiary alicyclic amines) is 2. The van der Waals surface area contributed by atoms with Crippen molar-refractivity contribution in [2.24, 2.45) is 17.8 Å². The number of nitrogens with zero attached hydrogens (tertiary/aromatic N) is 2. The second-order valence-electron chi connectivity index (χ2n) is 11.3. The van der Waals surface area contributed by atoms with Crippen LogP contribution in [0.5, 0.6) is 5.75 Å². The highest BCUT2D eigenvalue weighted by Crippen LogP contribution is 2.45. The molecule has 4 fully saturated rings. The number of methoxy groups -OCH3 is 1. The van der Waals surface area contributed by atoms with E-state index in [4.69, 9.17) is 19.1 Å². The number of hydrogen-bond donors (Lipinski definition) is 2. The highest BCUT2D eigenvalue weighted by atomic mass is 19.4. The number of amides is 2. The number of fused-ring (bicyclic) bond motifs is 3. The van der Waals surface area contributed by atoms with Crippen LogP contribution < -0.4 is 10.1 Å². The number of carboxylic acids is 1. The number of para-hydroxylation sites is 1. The second-order valence-corrected chi connectivity index (χ2v) is 11.3. The van der Waals surface area contributed by atoms with Crippen molar-refractivity contribution < 1.29 is 41.8 Å². The molecule has 2 atom stereocenters. The summed E-state index contributed by atoms with van der Waals surface area (Å²) in [5.74, 6) is -0.362. The third-order valence-electron chi connectivity index (χ3n) is 8.93. The Balaban J connectivity index is 0.000000411. The third-order valence-corrected chi connectivity index (χ3v) is 8.93. The van der Waals surface area contributed by atoms with Gasteiger partial charge in [-0.1, -0.05) is 25.0 Å². The van der Waals surface area contributed by atoms with Gasteiger partial charge < -0.3 is 29.4 Å². The van der Waals surface area contributed by atoms with Crippen molar-refractivity contribution in [3.05, 3.63) is 30.0 Å². The lowest BCUT2D eigenvalue weighted by molar-refractivity contribution is -0.192. The maximum atomic E-state index is 13.2. The number of carboxylic acid groups (broad SMARTS) is 1. The Hall–Kier alpha value is -3.28. The summed E-state index contributed by atoms with van der Waals surface area (Å²) >= 11 is 0. The van der Waals surface area contributed by atoms with E-state index in [1.807, 2.05) is 23.1 Å². The Labute approximate surface area is 229 Å². The van der Waals surface area contributed by atoms with Crippen LogP contribution in [0.2, 0.25) is 0 Å². The van der Waals surface area contributed by atoms with Gasteiger partial charge in [0.2, 0.25) is 5.91 Å². The summed E-state index contributed by atoms with van der Waals surface area (Å²) in [4.78, 5) is 39.4. The minimum atomic E-state index is -5.08. The Kier molecular flexibility index (Phi) is 7.73. The zero-order valence-corrected chi connectivity index (χ0v) is 22.3. The van der Waals surface area contributed by atoms with Gasteiger partial charge >= 0.3 is 12.1 Å². The molecule has 1 aromatic heterocycles. The van der Waals surface area contributed by atoms with Crippen LogP contribution in [-0.4, -0.2) is 84.2 Å². The van der Waals surface area contributed by atoms with Crippen molar-refractivity contribution in [1.82, 2.24) is 15.1 Å². The van der Waals surface area contributed by atoms with Gasteiger partial charge in [-0.05, 0) is 43.7 Å². The zero-order chi connectivity index (χ0) is 28.7. The number of nitrogens with one attached hydrogen (secondary N) is 1. The molecule has 3 aliphatic heterocycles. The normalized spacial score (nSPS) is 24.6. The Morgan fingerprint density at radius 2 is 1.85 bits per heavy atom. The summed E-state index contributed by atoms with van der Waals surface area (Å²) in [5.41, 5.74) is 0.441. The maximum Gasteiger partial charge on any atom is 0.490 e. The van der Waals surface area contributed by atoms with Crippen molar-refractivity contribution in [1.29, 1.82) is 0 Å². The van der Waals surface area contributed by atoms with Gasteiger partial charge in [0.1, 0.15) is 0 Å². The minimum Gasteiger partial charge on any atom is -0.493 e. The third kappa shape index (κ3) is 5.50. The first kappa shape index (κ1) is 28.3. The van der Waals surface area contributed by atoms with E-state index in [0.717, 1.165) is 43.8 Å². The quantitative estimate of drug-likeness (QED) is 0.578. The topological polar surface area (TPSA) is 112 Å². The average molecular weight is 566 g/mol. The first-order valence-corrected chi connectivity index (χ1v) is 13.7. The first-order valence-electron chi connectivity index (χ1n) is 13.7. The largest absolute Gasteiger partial charge is 0.493 e. The van der Waals surface area contributed by atoms with Crippen LogP contribution >= 0.6 is 0 Å². The molecule has 2 aromatic rings. The van der Waals surface area contributed by atoms with Crippen molar-refractivity contribution in [3.8, 4) is 5.75 Å². The number of carbonyl (C=O) groups excluding carboxylic acids is 2. The van der Waals surface area contributed by atoms with Crippen molar-refractivity contribution in [3.63, 3.8) is 0 Å². The SMILES string of the molecule is COc1cccc2cc(C(=O)N3CCC4(CC3)NC(=O)[C@@H]3CN(CC5CCCC5)C[C@@H]34)oc12.O=C(O)C(F)(F)F. The van der Waals surface area contributed by atoms with Gasteiger partial charge in [0, 0.05) is 49.6 Å². The summed E-state index contributed by atoms with van der Waals surface area (Å²) in [6.45, 7) is 4.34. The molecule has 218 valence electrons. The molecule has 0 radical (unpaired) electrons. The fourth-order valence-electron chi connectivity index (χ4n) is 6.91. The lowest BCUT2D eigenvalue weighted by atomic mass is 9.75. The maximum absolute atomic E-state index is 13.2. The van der Waals surface area contributed by atoms with E-state index in [0.29, 0.717) is 36.1 Å². The summed E-state index contributed by atoms with van der Waals surface area (Å²) in [6.07, 6.45) is 1.94. The monoisotopic (exact) mass is 565 g/mol. The van der Waals surface area contributed by atoms with Gasteiger partial charge in [0.25, 0.3) is 5.91 Å². The molecule has 12 heteroatoms. The van der Waals surface area contributed by atoms with E-state index >= 15 is 0 Å². The molecule has 1 saturated carbocycles. The Morgan fingerprint density at radius 3 is 2.48 bits per heavy atom. The van der Waals surface area contributed by atoms with Gasteiger partial charge in [-0.25, -0.2) is 4.79 Å². The molecule has 6 rings (SSSR count). The minimum absolute atomic E-state index is 0.0849. The Bertz CT molecular complexity index is 1260. The number of carbonyl (C=O) groups is 3. The van der Waals surface area contributed by atoms with Crippen LogP contribution in [0.3, 0.4) is 0 Å². The van der Waals surface area contributed by atoms with Crippen LogP contribution in [-0.2, 0) is 9.59 Å². The van der Waals surface area contributed by atoms with Crippen LogP contribution in [0.1, 0.15) is 49.1 Å². The fraction of sp³-hybridized carbons (Fsp3) is 0.607. The highest BCUT2D eigenvalue weighted by molar-refractivity contribution is 5.97. The van der Waals surface area contributed by atoms with Crippen molar-refractivity contribution in [2.75, 3.05) is 39.8 Å². The predicted molar refractivity (Wildman–Crippen MR) is 138 cm³/mol. The molecule has 1 spiro atoms. The van der Waals surface area contributed by atoms with E-state index in [1.54, 1.807) is 13.2 Å². The molecular weight excluding hydrogens is 531 g/mol. The average Bonchev–Trinajstić information content (AvgIpc) is 3.71. The van der Waals surface area contributed by atoms with E-state index in [1.165, 1.54) is 25.7 Å². The summed E-state index contributed by atoms with van der Waals surface area (Å²) in [6, 6.07) is 7.46. The molecular formula is C28H34F3N3O6. The fourth-order valence-corrected chi connectivity index (χ4v) is 6.91. The van der Waals surface area contributed by atoms with Crippen molar-refractivity contribution in [2.45, 2.75) is 50.2 Å². The van der Waals surface area contributed by atoms with Gasteiger partial charge in [0.05, 0.1) is 13.0 Å². The van der Waals surface area contributed by atoms with E-state index in [9.17, 15) is 22.8 Å². The predicted octanol–water partition coefficient (Wildman–Crippen LogP) is 3.92. The number of halogens is 3. The van der Waals surface area contributed by atoms with Crippen molar-refractivity contribution >= 4 is 28.8 Å². The smallest absolute Gasteiger partial charge is 0.490 e. The lowest BCUT2D eigenvalue weighted by Gasteiger charge is -2.42. The van der Waals surface area contributed by atoms with Gasteiger partial charge in [-0.2, -0.15) is 13.2 Å². The standard InChI is InChI=1S/C26H33N3O4.C2HF3O2/c1-32-21-8-4-7-18-13-22(33-23(18)21)25(31)29-11-9-26(10-12-29)20-16-28(14-17-5-2-3-6-17)15-19(20)24(30)27-26;3-2(4,5)1(6)7/h4,7-8,13,17,19-20H,2-3,5-6,9-12,14-16H2,1H3,(H,27,30);(H,6,7)/t19-,20+;/m1./s1. The summed E-state index contributed by atoms with van der Waals surface area (Å²) in [7, 11) is 1.60. The number of piperidine rings is 1. The molecule has 3 saturated heterocycles. The number of rotatable bonds is 4. The van der Waals surface area contributed by atoms with Crippen LogP contribution in [0.4, 0.5) is 13.2 Å². The number of ether oxygens (including phenoxy) is 1. The number of aliphatic carboxylic acids is 1. The highest BCUT2D eigenvalue weighted by Gasteiger charge is 2.57. The molecule has 0 bridgehead atoms. The molecule has 1 aromatic carbocycles. The van der Waals surface area contributed by atoms with E-state index < -0.39 is 12.1 Å². The molecule has 4 aliphatic rings. The molecule has 9 nitrogen and oxygen atoms in total. The summed E-state index contributed by atoms with van der Waals surface area (Å²) in [5, 5.41) is 11.4. The molecule has 4 heterocycles. The molecule has 0 unspecified atom stereocenters. The number of benzene rings is 1. The number of alkyl halides is 3. The van der Waals surface area contributed by atoms with E-state index in [2.05, 4.69) is 10.2 Å². The first-order chi connectivity index (χ1) is 19.0. The second kappa shape index (κ2) is 10.9. The van der Waals surface area contributed by atoms with Crippen LogP contribution in [0.15, 0.2) is 28.7 Å². The molecule has 1 aliphatic carbocycles. The van der Waals surface area contributed by atoms with Gasteiger partial charge in [-0.3, -0.25) is 9.59 Å². The number of furan rings is 1. The lowest BCUT2D eigenvalue weighted by Crippen LogP contribution is -2.56.